The molecule has 0 aliphatic carbocycles. The highest BCUT2D eigenvalue weighted by Crippen LogP contribution is 2.43. The van der Waals surface area contributed by atoms with E-state index in [0.29, 0.717) is 5.84 Å². The number of fused-ring (bicyclic) bond motifs is 10. The number of furan rings is 1. The molecule has 5 nitrogen and oxygen atoms in total. The molecule has 12 rings (SSSR count). The lowest BCUT2D eigenvalue weighted by molar-refractivity contribution is 0.669. The molecule has 3 aromatic heterocycles. The van der Waals surface area contributed by atoms with Crippen LogP contribution in [0.3, 0.4) is 0 Å². The fourth-order valence-corrected chi connectivity index (χ4v) is 9.57. The minimum atomic E-state index is -0.0451. The van der Waals surface area contributed by atoms with Crippen molar-refractivity contribution in [1.29, 1.82) is 0 Å². The Kier molecular flexibility index (Phi) is 7.66. The normalized spacial score (nSPS) is 14.8. The number of benzene rings is 8. The second-order valence-electron chi connectivity index (χ2n) is 15.8. The summed E-state index contributed by atoms with van der Waals surface area (Å²) in [6.45, 7) is 4.47. The van der Waals surface area contributed by atoms with Gasteiger partial charge in [-0.2, -0.15) is 0 Å². The Hall–Kier alpha value is -7.76. The van der Waals surface area contributed by atoms with Crippen molar-refractivity contribution >= 4 is 82.8 Å². The molecule has 0 saturated carbocycles. The van der Waals surface area contributed by atoms with Crippen LogP contribution in [-0.2, 0) is 0 Å². The van der Waals surface area contributed by atoms with Crippen molar-refractivity contribution in [1.82, 2.24) is 9.13 Å². The van der Waals surface area contributed by atoms with Crippen molar-refractivity contribution in [2.45, 2.75) is 13.8 Å². The van der Waals surface area contributed by atoms with Crippen LogP contribution in [0.2, 0.25) is 0 Å². The van der Waals surface area contributed by atoms with Gasteiger partial charge in [-0.15, -0.1) is 0 Å². The van der Waals surface area contributed by atoms with Crippen LogP contribution >= 0.6 is 0 Å². The molecule has 1 aliphatic rings. The van der Waals surface area contributed by atoms with E-state index in [1.807, 2.05) is 24.3 Å². The molecule has 5 heteroatoms. The van der Waals surface area contributed by atoms with E-state index in [2.05, 4.69) is 187 Å². The molecule has 0 N–H and O–H groups in total. The quantitative estimate of drug-likeness (QED) is 0.172. The first-order valence-electron chi connectivity index (χ1n) is 20.6. The maximum Gasteiger partial charge on any atom is 0.160 e. The summed E-state index contributed by atoms with van der Waals surface area (Å²) in [4.78, 5) is 10.9. The van der Waals surface area contributed by atoms with Crippen LogP contribution < -0.4 is 0 Å². The zero-order valence-corrected chi connectivity index (χ0v) is 33.2. The van der Waals surface area contributed by atoms with Crippen molar-refractivity contribution in [3.63, 3.8) is 0 Å². The van der Waals surface area contributed by atoms with Crippen LogP contribution in [0.1, 0.15) is 30.5 Å². The number of amidine groups is 1. The molecule has 0 amide bonds. The molecular weight excluding hydrogens is 733 g/mol. The average molecular weight is 771 g/mol. The van der Waals surface area contributed by atoms with E-state index in [-0.39, 0.29) is 5.92 Å². The van der Waals surface area contributed by atoms with Crippen LogP contribution in [0.4, 0.5) is 0 Å². The smallest absolute Gasteiger partial charge is 0.160 e. The lowest BCUT2D eigenvalue weighted by Gasteiger charge is -2.17. The van der Waals surface area contributed by atoms with Gasteiger partial charge in [0.2, 0.25) is 0 Å². The molecule has 0 spiro atoms. The highest BCUT2D eigenvalue weighted by atomic mass is 16.3. The zero-order valence-electron chi connectivity index (χ0n) is 33.2. The summed E-state index contributed by atoms with van der Waals surface area (Å²) in [7, 11) is 0. The van der Waals surface area contributed by atoms with Crippen LogP contribution in [0.15, 0.2) is 208 Å². The molecule has 11 aromatic rings. The van der Waals surface area contributed by atoms with E-state index in [9.17, 15) is 0 Å². The number of allylic oxidation sites excluding steroid dienone is 1. The zero-order chi connectivity index (χ0) is 39.9. The van der Waals surface area contributed by atoms with Crippen LogP contribution in [0.5, 0.6) is 0 Å². The van der Waals surface area contributed by atoms with Gasteiger partial charge in [-0.3, -0.25) is 0 Å². The van der Waals surface area contributed by atoms with E-state index in [1.165, 1.54) is 32.6 Å². The maximum absolute atomic E-state index is 6.35. The second-order valence-corrected chi connectivity index (χ2v) is 15.8. The molecule has 0 radical (unpaired) electrons. The van der Waals surface area contributed by atoms with E-state index in [4.69, 9.17) is 14.4 Å². The molecule has 8 aromatic carbocycles. The van der Waals surface area contributed by atoms with E-state index < -0.39 is 0 Å². The third-order valence-corrected chi connectivity index (χ3v) is 12.5. The molecule has 284 valence electrons. The Morgan fingerprint density at radius 3 is 1.72 bits per heavy atom. The minimum Gasteiger partial charge on any atom is -0.456 e. The molecular formula is C55H38N4O. The number of aliphatic imine (C=N–C) groups is 2. The van der Waals surface area contributed by atoms with Crippen LogP contribution in [0.25, 0.3) is 82.6 Å². The lowest BCUT2D eigenvalue weighted by Crippen LogP contribution is -2.16. The Bertz CT molecular complexity index is 3620. The molecule has 60 heavy (non-hydrogen) atoms. The van der Waals surface area contributed by atoms with Gasteiger partial charge in [-0.05, 0) is 73.2 Å². The monoisotopic (exact) mass is 770 g/mol. The Balaban J connectivity index is 1.07. The molecule has 4 heterocycles. The number of nitrogens with zero attached hydrogens (tertiary/aromatic N) is 4. The molecule has 1 unspecified atom stereocenters. The van der Waals surface area contributed by atoms with Crippen molar-refractivity contribution < 1.29 is 4.42 Å². The Morgan fingerprint density at radius 2 is 1.00 bits per heavy atom. The third-order valence-electron chi connectivity index (χ3n) is 12.5. The summed E-state index contributed by atoms with van der Waals surface area (Å²) < 4.78 is 11.2. The fourth-order valence-electron chi connectivity index (χ4n) is 9.57. The second kappa shape index (κ2) is 13.4. The highest BCUT2D eigenvalue weighted by molar-refractivity contribution is 6.29. The predicted molar refractivity (Wildman–Crippen MR) is 250 cm³/mol. The first kappa shape index (κ1) is 34.3. The van der Waals surface area contributed by atoms with Crippen LogP contribution in [-0.4, -0.2) is 20.7 Å². The predicted octanol–water partition coefficient (Wildman–Crippen LogP) is 14.1. The lowest BCUT2D eigenvalue weighted by atomic mass is 9.88. The van der Waals surface area contributed by atoms with Gasteiger partial charge in [0, 0.05) is 66.3 Å². The fraction of sp³-hybridized carbons (Fsp3) is 0.0545. The summed E-state index contributed by atoms with van der Waals surface area (Å²) in [5, 5.41) is 7.14. The largest absolute Gasteiger partial charge is 0.456 e. The van der Waals surface area contributed by atoms with Gasteiger partial charge >= 0.3 is 0 Å². The van der Waals surface area contributed by atoms with Crippen molar-refractivity contribution in [2.24, 2.45) is 15.9 Å². The standard InChI is InChI=1S/C55H38N4O/c1-34-35(2)54(43-26-16-30-49-50(43)42-25-11-14-29-48(42)60-49)57-55(36-17-5-3-6-18-36)56-53(34)37-19-15-22-39(33-37)59-45-28-13-10-24-41(45)52-47(59)32-31-46-51(52)40-23-9-12-27-44(40)58(46)38-20-7-4-8-21-38/h3-33,35H,1-2H3. The topological polar surface area (TPSA) is 47.7 Å². The molecule has 1 atom stereocenters. The van der Waals surface area contributed by atoms with E-state index >= 15 is 0 Å². The molecule has 1 aliphatic heterocycles. The van der Waals surface area contributed by atoms with Gasteiger partial charge in [-0.25, -0.2) is 9.98 Å². The molecule has 0 fully saturated rings. The number of para-hydroxylation sites is 4. The Labute approximate surface area is 346 Å². The first-order valence-corrected chi connectivity index (χ1v) is 20.6. The summed E-state index contributed by atoms with van der Waals surface area (Å²) in [6.07, 6.45) is 0. The molecule has 0 saturated heterocycles. The van der Waals surface area contributed by atoms with Gasteiger partial charge in [-0.1, -0.05) is 134 Å². The van der Waals surface area contributed by atoms with Crippen molar-refractivity contribution in [3.05, 3.63) is 210 Å². The van der Waals surface area contributed by atoms with E-state index in [0.717, 1.165) is 78.0 Å². The number of hydrogen-bond acceptors (Lipinski definition) is 3. The molecule has 0 bridgehead atoms. The summed E-state index contributed by atoms with van der Waals surface area (Å²) >= 11 is 0. The van der Waals surface area contributed by atoms with Crippen molar-refractivity contribution in [2.75, 3.05) is 0 Å². The Morgan fingerprint density at radius 1 is 0.450 bits per heavy atom. The maximum atomic E-state index is 6.35. The number of aromatic nitrogens is 2. The number of rotatable bonds is 5. The first-order chi connectivity index (χ1) is 29.6. The van der Waals surface area contributed by atoms with Gasteiger partial charge in [0.05, 0.1) is 33.5 Å². The van der Waals surface area contributed by atoms with Gasteiger partial charge < -0.3 is 13.6 Å². The average Bonchev–Trinajstić information content (AvgIpc) is 3.94. The number of hydrogen-bond donors (Lipinski definition) is 0. The summed E-state index contributed by atoms with van der Waals surface area (Å²) in [5.74, 6) is 0.643. The SMILES string of the molecule is CC1=C(c2cccc(-n3c4ccccc4c4c5c6ccccc6n(-c6ccccc6)c5ccc43)c2)N=C(c2ccccc2)N=C(c2cccc3oc4ccccc4c23)C1C. The minimum absolute atomic E-state index is 0.0451. The van der Waals surface area contributed by atoms with E-state index in [1.54, 1.807) is 0 Å². The third kappa shape index (κ3) is 5.12. The highest BCUT2D eigenvalue weighted by Gasteiger charge is 2.27. The van der Waals surface area contributed by atoms with Crippen LogP contribution in [0, 0.1) is 5.92 Å². The van der Waals surface area contributed by atoms with Crippen molar-refractivity contribution in [3.8, 4) is 11.4 Å². The summed E-state index contributed by atoms with van der Waals surface area (Å²) in [6, 6.07) is 66.7. The van der Waals surface area contributed by atoms with Gasteiger partial charge in [0.25, 0.3) is 0 Å². The van der Waals surface area contributed by atoms with Gasteiger partial charge in [0.15, 0.2) is 5.84 Å². The summed E-state index contributed by atoms with van der Waals surface area (Å²) in [5.41, 5.74) is 14.8. The van der Waals surface area contributed by atoms with Gasteiger partial charge in [0.1, 0.15) is 11.2 Å².